The van der Waals surface area contributed by atoms with Crippen molar-refractivity contribution in [3.8, 4) is 0 Å². The number of hydrogen-bond acceptors (Lipinski definition) is 7. The van der Waals surface area contributed by atoms with Gasteiger partial charge in [-0.15, -0.1) is 0 Å². The molecule has 1 fully saturated rings. The lowest BCUT2D eigenvalue weighted by Crippen LogP contribution is -2.48. The van der Waals surface area contributed by atoms with Crippen LogP contribution in [0.15, 0.2) is 47.6 Å². The molecule has 0 saturated carbocycles. The van der Waals surface area contributed by atoms with E-state index in [-0.39, 0.29) is 10.6 Å². The Morgan fingerprint density at radius 1 is 1.09 bits per heavy atom. The average Bonchev–Trinajstić information content (AvgIpc) is 2.79. The normalized spacial score (nSPS) is 15.6. The number of piperazine rings is 1. The summed E-state index contributed by atoms with van der Waals surface area (Å²) >= 11 is 6.81. The molecular formula is C20H25Br2N5O4S. The van der Waals surface area contributed by atoms with E-state index < -0.39 is 14.9 Å². The number of anilines is 1. The third-order valence-corrected chi connectivity index (χ3v) is 7.92. The first-order chi connectivity index (χ1) is 15.4. The van der Waals surface area contributed by atoms with Gasteiger partial charge in [0, 0.05) is 81.0 Å². The monoisotopic (exact) mass is 589 g/mol. The molecule has 3 rings (SSSR count). The molecule has 174 valence electrons. The van der Waals surface area contributed by atoms with E-state index in [9.17, 15) is 18.5 Å². The smallest absolute Gasteiger partial charge is 0.270 e. The summed E-state index contributed by atoms with van der Waals surface area (Å²) in [6.45, 7) is 3.64. The van der Waals surface area contributed by atoms with Gasteiger partial charge < -0.3 is 4.90 Å². The highest BCUT2D eigenvalue weighted by Gasteiger charge is 2.33. The Labute approximate surface area is 204 Å². The molecule has 2 aromatic rings. The van der Waals surface area contributed by atoms with Gasteiger partial charge >= 0.3 is 0 Å². The molecule has 0 spiro atoms. The van der Waals surface area contributed by atoms with Crippen LogP contribution in [0, 0.1) is 10.1 Å². The molecule has 1 aromatic heterocycles. The van der Waals surface area contributed by atoms with E-state index >= 15 is 0 Å². The van der Waals surface area contributed by atoms with E-state index in [2.05, 4.69) is 41.7 Å². The number of alkyl halides is 2. The maximum Gasteiger partial charge on any atom is 0.270 e. The highest BCUT2D eigenvalue weighted by Crippen LogP contribution is 2.32. The summed E-state index contributed by atoms with van der Waals surface area (Å²) in [5.74, 6) is 0. The molecule has 12 heteroatoms. The zero-order valence-corrected chi connectivity index (χ0v) is 21.4. The minimum Gasteiger partial charge on any atom is -0.369 e. The van der Waals surface area contributed by atoms with Gasteiger partial charge in [0.05, 0.1) is 10.6 Å². The molecule has 0 radical (unpaired) electrons. The third-order valence-electron chi connectivity index (χ3n) is 5.28. The van der Waals surface area contributed by atoms with E-state index in [1.165, 1.54) is 22.5 Å². The molecule has 1 saturated heterocycles. The molecule has 0 N–H and O–H groups in total. The standard InChI is InChI=1S/C20H25Br2N5O4S/c21-5-8-25(9-6-22)19-4-3-18(27(28)29)14-20(19)32(30,31)26-12-10-24(11-13-26)16-17-2-1-7-23-15-17/h1-4,7,14-15H,5-6,8-13,16H2. The van der Waals surface area contributed by atoms with Crippen LogP contribution < -0.4 is 4.90 Å². The topological polar surface area (TPSA) is 99.9 Å². The number of nitro benzene ring substituents is 1. The van der Waals surface area contributed by atoms with Crippen molar-refractivity contribution in [3.63, 3.8) is 0 Å². The van der Waals surface area contributed by atoms with E-state index in [1.54, 1.807) is 12.4 Å². The largest absolute Gasteiger partial charge is 0.369 e. The number of aromatic nitrogens is 1. The van der Waals surface area contributed by atoms with Gasteiger partial charge in [-0.25, -0.2) is 8.42 Å². The Kier molecular flexibility index (Phi) is 9.00. The first-order valence-electron chi connectivity index (χ1n) is 10.1. The maximum absolute atomic E-state index is 13.6. The zero-order valence-electron chi connectivity index (χ0n) is 17.4. The minimum absolute atomic E-state index is 0.0192. The van der Waals surface area contributed by atoms with Crippen molar-refractivity contribution in [2.45, 2.75) is 11.4 Å². The number of sulfonamides is 1. The molecule has 9 nitrogen and oxygen atoms in total. The second-order valence-corrected chi connectivity index (χ2v) is 10.8. The summed E-state index contributed by atoms with van der Waals surface area (Å²) in [4.78, 5) is 19.0. The fourth-order valence-corrected chi connectivity index (χ4v) is 6.17. The van der Waals surface area contributed by atoms with Crippen LogP contribution >= 0.6 is 31.9 Å². The predicted molar refractivity (Wildman–Crippen MR) is 131 cm³/mol. The van der Waals surface area contributed by atoms with Crippen LogP contribution in [-0.2, 0) is 16.6 Å². The molecule has 1 aliphatic rings. The van der Waals surface area contributed by atoms with Gasteiger partial charge in [-0.2, -0.15) is 4.31 Å². The lowest BCUT2D eigenvalue weighted by atomic mass is 10.2. The van der Waals surface area contributed by atoms with Gasteiger partial charge in [0.15, 0.2) is 0 Å². The van der Waals surface area contributed by atoms with Gasteiger partial charge in [-0.1, -0.05) is 37.9 Å². The SMILES string of the molecule is O=[N+]([O-])c1ccc(N(CCBr)CCBr)c(S(=O)(=O)N2CCN(Cc3cccnc3)CC2)c1. The first-order valence-corrected chi connectivity index (χ1v) is 13.8. The zero-order chi connectivity index (χ0) is 23.1. The minimum atomic E-state index is -3.91. The molecule has 2 heterocycles. The number of non-ortho nitro benzene ring substituents is 1. The molecular weight excluding hydrogens is 566 g/mol. The van der Waals surface area contributed by atoms with Crippen molar-refractivity contribution in [2.24, 2.45) is 0 Å². The Morgan fingerprint density at radius 2 is 1.78 bits per heavy atom. The van der Waals surface area contributed by atoms with Gasteiger partial charge in [0.2, 0.25) is 10.0 Å². The molecule has 1 aromatic carbocycles. The Balaban J connectivity index is 1.85. The fourth-order valence-electron chi connectivity index (χ4n) is 3.66. The van der Waals surface area contributed by atoms with Crippen molar-refractivity contribution in [1.82, 2.24) is 14.2 Å². The van der Waals surface area contributed by atoms with Crippen molar-refractivity contribution < 1.29 is 13.3 Å². The fraction of sp³-hybridized carbons (Fsp3) is 0.450. The van der Waals surface area contributed by atoms with Gasteiger partial charge in [0.25, 0.3) is 5.69 Å². The van der Waals surface area contributed by atoms with Crippen LogP contribution in [0.5, 0.6) is 0 Å². The molecule has 0 bridgehead atoms. The van der Waals surface area contributed by atoms with Crippen molar-refractivity contribution in [3.05, 3.63) is 58.4 Å². The lowest BCUT2D eigenvalue weighted by molar-refractivity contribution is -0.385. The number of nitrogens with zero attached hydrogens (tertiary/aromatic N) is 5. The van der Waals surface area contributed by atoms with E-state index in [0.717, 1.165) is 5.56 Å². The van der Waals surface area contributed by atoms with Crippen LogP contribution in [0.2, 0.25) is 0 Å². The molecule has 32 heavy (non-hydrogen) atoms. The van der Waals surface area contributed by atoms with Crippen LogP contribution in [0.4, 0.5) is 11.4 Å². The number of pyridine rings is 1. The maximum atomic E-state index is 13.6. The summed E-state index contributed by atoms with van der Waals surface area (Å²) in [7, 11) is -3.91. The molecule has 1 aliphatic heterocycles. The summed E-state index contributed by atoms with van der Waals surface area (Å²) < 4.78 is 28.6. The summed E-state index contributed by atoms with van der Waals surface area (Å²) in [6, 6.07) is 7.95. The Bertz CT molecular complexity index is 1010. The number of hydrogen-bond donors (Lipinski definition) is 0. The third kappa shape index (κ3) is 6.04. The van der Waals surface area contributed by atoms with Gasteiger partial charge in [0.1, 0.15) is 4.90 Å². The van der Waals surface area contributed by atoms with Crippen LogP contribution in [0.25, 0.3) is 0 Å². The first kappa shape index (κ1) is 25.0. The Hall–Kier alpha value is -1.60. The predicted octanol–water partition coefficient (Wildman–Crippen LogP) is 3.09. The number of benzene rings is 1. The van der Waals surface area contributed by atoms with Crippen molar-refractivity contribution in [1.29, 1.82) is 0 Å². The van der Waals surface area contributed by atoms with Crippen LogP contribution in [0.1, 0.15) is 5.56 Å². The summed E-state index contributed by atoms with van der Waals surface area (Å²) in [5, 5.41) is 12.6. The van der Waals surface area contributed by atoms with Crippen molar-refractivity contribution >= 4 is 53.3 Å². The van der Waals surface area contributed by atoms with Crippen LogP contribution in [0.3, 0.4) is 0 Å². The van der Waals surface area contributed by atoms with E-state index in [4.69, 9.17) is 0 Å². The van der Waals surface area contributed by atoms with Gasteiger partial charge in [-0.05, 0) is 17.7 Å². The quantitative estimate of drug-likeness (QED) is 0.238. The number of nitro groups is 1. The lowest BCUT2D eigenvalue weighted by Gasteiger charge is -2.35. The average molecular weight is 591 g/mol. The molecule has 0 amide bonds. The highest BCUT2D eigenvalue weighted by atomic mass is 79.9. The number of halogens is 2. The molecule has 0 unspecified atom stereocenters. The second-order valence-electron chi connectivity index (χ2n) is 7.32. The second kappa shape index (κ2) is 11.5. The van der Waals surface area contributed by atoms with Crippen molar-refractivity contribution in [2.75, 3.05) is 54.8 Å². The van der Waals surface area contributed by atoms with Crippen LogP contribution in [-0.4, -0.2) is 77.5 Å². The summed E-state index contributed by atoms with van der Waals surface area (Å²) in [5.41, 5.74) is 1.32. The van der Waals surface area contributed by atoms with E-state index in [0.29, 0.717) is 62.2 Å². The Morgan fingerprint density at radius 3 is 2.34 bits per heavy atom. The highest BCUT2D eigenvalue weighted by molar-refractivity contribution is 9.09. The van der Waals surface area contributed by atoms with Gasteiger partial charge in [-0.3, -0.25) is 20.0 Å². The molecule has 0 atom stereocenters. The van der Waals surface area contributed by atoms with E-state index in [1.807, 2.05) is 17.0 Å². The molecule has 0 aliphatic carbocycles. The summed E-state index contributed by atoms with van der Waals surface area (Å²) in [6.07, 6.45) is 3.53. The number of rotatable bonds is 10.